The Bertz CT molecular complexity index is 657. The van der Waals surface area contributed by atoms with Crippen LogP contribution in [0, 0.1) is 6.92 Å². The number of sulfonamides is 1. The van der Waals surface area contributed by atoms with Crippen LogP contribution in [-0.2, 0) is 10.0 Å². The van der Waals surface area contributed by atoms with Crippen molar-refractivity contribution in [3.63, 3.8) is 0 Å². The molecule has 1 fully saturated rings. The Balaban J connectivity index is 0.00000264. The molecule has 1 saturated heterocycles. The van der Waals surface area contributed by atoms with Gasteiger partial charge in [0.25, 0.3) is 15.9 Å². The first-order chi connectivity index (χ1) is 10.2. The molecule has 0 spiro atoms. The van der Waals surface area contributed by atoms with Crippen molar-refractivity contribution in [2.45, 2.75) is 43.9 Å². The zero-order valence-corrected chi connectivity index (χ0v) is 15.4. The average Bonchev–Trinajstić information content (AvgIpc) is 2.84. The molecule has 0 bridgehead atoms. The second-order valence-electron chi connectivity index (χ2n) is 5.79. The summed E-state index contributed by atoms with van der Waals surface area (Å²) in [5, 5.41) is 6.04. The number of aryl methyl sites for hydroxylation is 1. The van der Waals surface area contributed by atoms with Crippen LogP contribution in [0.15, 0.2) is 15.6 Å². The first-order valence-electron chi connectivity index (χ1n) is 7.30. The third kappa shape index (κ3) is 4.26. The summed E-state index contributed by atoms with van der Waals surface area (Å²) in [7, 11) is -0.844. The van der Waals surface area contributed by atoms with Gasteiger partial charge in [-0.2, -0.15) is 0 Å². The molecule has 1 aliphatic rings. The number of rotatable bonds is 4. The largest absolute Gasteiger partial charge is 0.448 e. The summed E-state index contributed by atoms with van der Waals surface area (Å²) in [5.74, 6) is -0.00338. The number of hydrogen-bond acceptors (Lipinski definition) is 5. The Morgan fingerprint density at radius 1 is 1.43 bits per heavy atom. The molecule has 23 heavy (non-hydrogen) atoms. The van der Waals surface area contributed by atoms with Gasteiger partial charge in [0.1, 0.15) is 5.76 Å². The summed E-state index contributed by atoms with van der Waals surface area (Å²) in [6.07, 6.45) is 1.90. The molecule has 1 amide bonds. The van der Waals surface area contributed by atoms with E-state index in [1.807, 2.05) is 6.92 Å². The van der Waals surface area contributed by atoms with Crippen molar-refractivity contribution in [1.82, 2.24) is 14.9 Å². The van der Waals surface area contributed by atoms with Gasteiger partial charge in [0, 0.05) is 32.2 Å². The van der Waals surface area contributed by atoms with Gasteiger partial charge in [0.15, 0.2) is 0 Å². The van der Waals surface area contributed by atoms with Crippen molar-refractivity contribution < 1.29 is 17.6 Å². The highest BCUT2D eigenvalue weighted by Crippen LogP contribution is 2.21. The summed E-state index contributed by atoms with van der Waals surface area (Å²) in [6, 6.07) is 1.51. The fourth-order valence-corrected chi connectivity index (χ4v) is 3.33. The zero-order chi connectivity index (χ0) is 16.5. The number of piperidine rings is 1. The van der Waals surface area contributed by atoms with Crippen LogP contribution in [-0.4, -0.2) is 51.4 Å². The van der Waals surface area contributed by atoms with E-state index >= 15 is 0 Å². The van der Waals surface area contributed by atoms with Crippen LogP contribution in [0.1, 0.15) is 35.9 Å². The third-order valence-corrected chi connectivity index (χ3v) is 5.62. The lowest BCUT2D eigenvalue weighted by atomic mass is 9.99. The third-order valence-electron chi connectivity index (χ3n) is 3.95. The molecule has 0 saturated carbocycles. The molecule has 0 aliphatic carbocycles. The molecule has 132 valence electrons. The summed E-state index contributed by atoms with van der Waals surface area (Å²) in [6.45, 7) is 4.56. The SMILES string of the molecule is Cc1oc(S(=O)(=O)N(C)C)cc1C(=O)NC1CCCNC1C.Cl. The molecule has 1 aliphatic heterocycles. The van der Waals surface area contributed by atoms with Gasteiger partial charge in [-0.05, 0) is 33.2 Å². The van der Waals surface area contributed by atoms with Gasteiger partial charge in [0.05, 0.1) is 5.56 Å². The smallest absolute Gasteiger partial charge is 0.275 e. The molecule has 0 radical (unpaired) electrons. The molecule has 1 aromatic rings. The molecule has 9 heteroatoms. The fraction of sp³-hybridized carbons (Fsp3) is 0.643. The molecular formula is C14H24ClN3O4S. The van der Waals surface area contributed by atoms with Crippen molar-refractivity contribution in [2.24, 2.45) is 0 Å². The maximum Gasteiger partial charge on any atom is 0.275 e. The number of hydrogen-bond donors (Lipinski definition) is 2. The fourth-order valence-electron chi connectivity index (χ4n) is 2.47. The highest BCUT2D eigenvalue weighted by Gasteiger charge is 2.28. The predicted molar refractivity (Wildman–Crippen MR) is 89.5 cm³/mol. The van der Waals surface area contributed by atoms with Crippen LogP contribution in [0.2, 0.25) is 0 Å². The molecule has 7 nitrogen and oxygen atoms in total. The van der Waals surface area contributed by atoms with E-state index in [2.05, 4.69) is 10.6 Å². The topological polar surface area (TPSA) is 91.7 Å². The van der Waals surface area contributed by atoms with Gasteiger partial charge in [0.2, 0.25) is 5.09 Å². The number of amides is 1. The van der Waals surface area contributed by atoms with E-state index in [1.54, 1.807) is 6.92 Å². The Kier molecular flexibility index (Phi) is 6.64. The number of carbonyl (C=O) groups is 1. The normalized spacial score (nSPS) is 21.8. The summed E-state index contributed by atoms with van der Waals surface area (Å²) in [5.41, 5.74) is 0.262. The Hall–Kier alpha value is -1.09. The lowest BCUT2D eigenvalue weighted by molar-refractivity contribution is 0.0918. The van der Waals surface area contributed by atoms with Gasteiger partial charge >= 0.3 is 0 Å². The van der Waals surface area contributed by atoms with E-state index in [4.69, 9.17) is 4.42 Å². The standard InChI is InChI=1S/C14H23N3O4S.ClH/c1-9-12(6-5-7-15-9)16-14(18)11-8-13(21-10(11)2)22(19,20)17(3)4;/h8-9,12,15H,5-7H2,1-4H3,(H,16,18);1H. The first-order valence-corrected chi connectivity index (χ1v) is 8.74. The van der Waals surface area contributed by atoms with Crippen LogP contribution >= 0.6 is 12.4 Å². The molecule has 0 aromatic carbocycles. The van der Waals surface area contributed by atoms with Gasteiger partial charge < -0.3 is 15.1 Å². The average molecular weight is 366 g/mol. The minimum Gasteiger partial charge on any atom is -0.448 e. The van der Waals surface area contributed by atoms with E-state index in [1.165, 1.54) is 20.2 Å². The van der Waals surface area contributed by atoms with Crippen molar-refractivity contribution in [3.8, 4) is 0 Å². The number of nitrogens with zero attached hydrogens (tertiary/aromatic N) is 1. The number of nitrogens with one attached hydrogen (secondary N) is 2. The Morgan fingerprint density at radius 2 is 2.09 bits per heavy atom. The van der Waals surface area contributed by atoms with Gasteiger partial charge in [-0.25, -0.2) is 12.7 Å². The molecule has 2 N–H and O–H groups in total. The zero-order valence-electron chi connectivity index (χ0n) is 13.8. The van der Waals surface area contributed by atoms with Crippen LogP contribution in [0.25, 0.3) is 0 Å². The number of carbonyl (C=O) groups excluding carboxylic acids is 1. The van der Waals surface area contributed by atoms with Gasteiger partial charge in [-0.1, -0.05) is 0 Å². The highest BCUT2D eigenvalue weighted by molar-refractivity contribution is 7.88. The molecule has 2 atom stereocenters. The van der Waals surface area contributed by atoms with Gasteiger partial charge in [-0.3, -0.25) is 4.79 Å². The quantitative estimate of drug-likeness (QED) is 0.834. The van der Waals surface area contributed by atoms with E-state index in [9.17, 15) is 13.2 Å². The molecule has 2 heterocycles. The predicted octanol–water partition coefficient (Wildman–Crippen LogP) is 1.13. The summed E-state index contributed by atoms with van der Waals surface area (Å²) >= 11 is 0. The van der Waals surface area contributed by atoms with Crippen molar-refractivity contribution >= 4 is 28.3 Å². The Morgan fingerprint density at radius 3 is 2.65 bits per heavy atom. The lowest BCUT2D eigenvalue weighted by Crippen LogP contribution is -2.51. The molecule has 2 rings (SSSR count). The van der Waals surface area contributed by atoms with E-state index in [0.29, 0.717) is 5.76 Å². The molecular weight excluding hydrogens is 342 g/mol. The second kappa shape index (κ2) is 7.65. The van der Waals surface area contributed by atoms with E-state index < -0.39 is 10.0 Å². The highest BCUT2D eigenvalue weighted by atomic mass is 35.5. The van der Waals surface area contributed by atoms with E-state index in [0.717, 1.165) is 23.7 Å². The van der Waals surface area contributed by atoms with E-state index in [-0.39, 0.29) is 41.1 Å². The molecule has 1 aromatic heterocycles. The number of halogens is 1. The number of furan rings is 1. The minimum absolute atomic E-state index is 0. The minimum atomic E-state index is -3.68. The Labute approximate surface area is 143 Å². The monoisotopic (exact) mass is 365 g/mol. The van der Waals surface area contributed by atoms with Crippen molar-refractivity contribution in [1.29, 1.82) is 0 Å². The summed E-state index contributed by atoms with van der Waals surface area (Å²) in [4.78, 5) is 12.4. The lowest BCUT2D eigenvalue weighted by Gasteiger charge is -2.30. The maximum absolute atomic E-state index is 12.4. The van der Waals surface area contributed by atoms with Crippen molar-refractivity contribution in [2.75, 3.05) is 20.6 Å². The van der Waals surface area contributed by atoms with Gasteiger partial charge in [-0.15, -0.1) is 12.4 Å². The van der Waals surface area contributed by atoms with Crippen LogP contribution in [0.5, 0.6) is 0 Å². The van der Waals surface area contributed by atoms with Crippen molar-refractivity contribution in [3.05, 3.63) is 17.4 Å². The van der Waals surface area contributed by atoms with Crippen LogP contribution in [0.4, 0.5) is 0 Å². The van der Waals surface area contributed by atoms with Crippen LogP contribution in [0.3, 0.4) is 0 Å². The summed E-state index contributed by atoms with van der Waals surface area (Å²) < 4.78 is 30.4. The second-order valence-corrected chi connectivity index (χ2v) is 7.87. The van der Waals surface area contributed by atoms with Crippen LogP contribution < -0.4 is 10.6 Å². The first kappa shape index (κ1) is 20.0. The molecule has 2 unspecified atom stereocenters. The maximum atomic E-state index is 12.4.